The van der Waals surface area contributed by atoms with Crippen LogP contribution in [-0.4, -0.2) is 21.5 Å². The SMILES string of the molecule is O=S(=O)(c1sccc1Br)N1CCNCc2ccccc21. The van der Waals surface area contributed by atoms with Gasteiger partial charge in [0, 0.05) is 24.1 Å². The molecule has 1 aromatic carbocycles. The fourth-order valence-electron chi connectivity index (χ4n) is 2.24. The Morgan fingerprint density at radius 1 is 1.25 bits per heavy atom. The lowest BCUT2D eigenvalue weighted by Gasteiger charge is -2.23. The molecule has 0 aliphatic carbocycles. The van der Waals surface area contributed by atoms with Gasteiger partial charge in [0.1, 0.15) is 0 Å². The molecule has 0 spiro atoms. The van der Waals surface area contributed by atoms with Crippen molar-refractivity contribution in [3.05, 3.63) is 45.7 Å². The van der Waals surface area contributed by atoms with E-state index in [4.69, 9.17) is 0 Å². The van der Waals surface area contributed by atoms with Gasteiger partial charge in [-0.15, -0.1) is 11.3 Å². The molecular formula is C13H13BrN2O2S2. The summed E-state index contributed by atoms with van der Waals surface area (Å²) in [4.78, 5) is 0. The molecule has 4 nitrogen and oxygen atoms in total. The molecule has 0 saturated carbocycles. The van der Waals surface area contributed by atoms with Gasteiger partial charge in [0.2, 0.25) is 0 Å². The summed E-state index contributed by atoms with van der Waals surface area (Å²) in [6, 6.07) is 9.38. The Bertz CT molecular complexity index is 727. The maximum atomic E-state index is 12.9. The number of sulfonamides is 1. The lowest BCUT2D eigenvalue weighted by atomic mass is 10.2. The van der Waals surface area contributed by atoms with Gasteiger partial charge < -0.3 is 5.32 Å². The minimum absolute atomic E-state index is 0.356. The molecular weight excluding hydrogens is 360 g/mol. The first-order chi connectivity index (χ1) is 9.60. The quantitative estimate of drug-likeness (QED) is 0.881. The highest BCUT2D eigenvalue weighted by Crippen LogP contribution is 2.34. The number of para-hydroxylation sites is 1. The standard InChI is InChI=1S/C13H13BrN2O2S2/c14-11-5-8-19-13(11)20(17,18)16-7-6-15-9-10-3-1-2-4-12(10)16/h1-5,8,15H,6-7,9H2. The first-order valence-electron chi connectivity index (χ1n) is 6.15. The number of thiophene rings is 1. The molecule has 0 atom stereocenters. The third-order valence-electron chi connectivity index (χ3n) is 3.18. The number of nitrogens with zero attached hydrogens (tertiary/aromatic N) is 1. The van der Waals surface area contributed by atoms with Crippen molar-refractivity contribution in [1.82, 2.24) is 5.32 Å². The van der Waals surface area contributed by atoms with Gasteiger partial charge in [-0.2, -0.15) is 0 Å². The van der Waals surface area contributed by atoms with Crippen molar-refractivity contribution in [2.45, 2.75) is 10.8 Å². The van der Waals surface area contributed by atoms with Gasteiger partial charge in [0.05, 0.1) is 5.69 Å². The highest BCUT2D eigenvalue weighted by molar-refractivity contribution is 9.10. The van der Waals surface area contributed by atoms with E-state index in [1.54, 1.807) is 11.4 Å². The van der Waals surface area contributed by atoms with E-state index < -0.39 is 10.0 Å². The topological polar surface area (TPSA) is 49.4 Å². The predicted octanol–water partition coefficient (Wildman–Crippen LogP) is 2.81. The zero-order valence-corrected chi connectivity index (χ0v) is 13.8. The van der Waals surface area contributed by atoms with Crippen LogP contribution in [0.15, 0.2) is 44.4 Å². The molecule has 1 N–H and O–H groups in total. The number of fused-ring (bicyclic) bond motifs is 1. The molecule has 2 heterocycles. The van der Waals surface area contributed by atoms with Crippen LogP contribution in [0.1, 0.15) is 5.56 Å². The fourth-order valence-corrected chi connectivity index (χ4v) is 6.16. The van der Waals surface area contributed by atoms with Crippen LogP contribution in [0.25, 0.3) is 0 Å². The van der Waals surface area contributed by atoms with Crippen LogP contribution in [0.4, 0.5) is 5.69 Å². The van der Waals surface area contributed by atoms with Crippen LogP contribution in [0.5, 0.6) is 0 Å². The van der Waals surface area contributed by atoms with Crippen LogP contribution in [0.2, 0.25) is 0 Å². The van der Waals surface area contributed by atoms with Crippen molar-refractivity contribution in [2.75, 3.05) is 17.4 Å². The molecule has 0 fully saturated rings. The number of halogens is 1. The van der Waals surface area contributed by atoms with Crippen LogP contribution in [0.3, 0.4) is 0 Å². The van der Waals surface area contributed by atoms with Crippen molar-refractivity contribution in [3.63, 3.8) is 0 Å². The van der Waals surface area contributed by atoms with E-state index in [1.165, 1.54) is 15.6 Å². The molecule has 2 aromatic rings. The van der Waals surface area contributed by atoms with Crippen molar-refractivity contribution >= 4 is 43.0 Å². The average molecular weight is 373 g/mol. The Morgan fingerprint density at radius 3 is 2.80 bits per heavy atom. The summed E-state index contributed by atoms with van der Waals surface area (Å²) < 4.78 is 28.2. The zero-order chi connectivity index (χ0) is 14.2. The molecule has 1 aliphatic rings. The Hall–Kier alpha value is -0.890. The molecule has 0 unspecified atom stereocenters. The second-order valence-corrected chi connectivity index (χ2v) is 8.27. The summed E-state index contributed by atoms with van der Waals surface area (Å²) >= 11 is 4.55. The highest BCUT2D eigenvalue weighted by Gasteiger charge is 2.30. The van der Waals surface area contributed by atoms with Gasteiger partial charge in [-0.05, 0) is 39.0 Å². The van der Waals surface area contributed by atoms with E-state index in [0.29, 0.717) is 28.3 Å². The largest absolute Gasteiger partial charge is 0.311 e. The maximum absolute atomic E-state index is 12.9. The van der Waals surface area contributed by atoms with E-state index in [1.807, 2.05) is 24.3 Å². The first-order valence-corrected chi connectivity index (χ1v) is 9.26. The lowest BCUT2D eigenvalue weighted by Crippen LogP contribution is -2.34. The summed E-state index contributed by atoms with van der Waals surface area (Å²) in [5.74, 6) is 0. The minimum Gasteiger partial charge on any atom is -0.311 e. The molecule has 0 saturated heterocycles. The number of anilines is 1. The monoisotopic (exact) mass is 372 g/mol. The van der Waals surface area contributed by atoms with Gasteiger partial charge in [-0.1, -0.05) is 18.2 Å². The van der Waals surface area contributed by atoms with E-state index >= 15 is 0 Å². The Labute approximate surface area is 130 Å². The molecule has 0 amide bonds. The van der Waals surface area contributed by atoms with Crippen molar-refractivity contribution in [3.8, 4) is 0 Å². The normalized spacial score (nSPS) is 15.8. The molecule has 7 heteroatoms. The Kier molecular flexibility index (Phi) is 3.85. The third kappa shape index (κ3) is 2.39. The lowest BCUT2D eigenvalue weighted by molar-refractivity contribution is 0.591. The van der Waals surface area contributed by atoms with E-state index in [9.17, 15) is 8.42 Å². The molecule has 106 valence electrons. The van der Waals surface area contributed by atoms with Crippen molar-refractivity contribution < 1.29 is 8.42 Å². The van der Waals surface area contributed by atoms with Crippen LogP contribution in [0, 0.1) is 0 Å². The van der Waals surface area contributed by atoms with Crippen molar-refractivity contribution in [2.24, 2.45) is 0 Å². The first kappa shape index (κ1) is 14.1. The summed E-state index contributed by atoms with van der Waals surface area (Å²) in [6.45, 7) is 1.76. The number of hydrogen-bond donors (Lipinski definition) is 1. The van der Waals surface area contributed by atoms with Gasteiger partial charge in [0.15, 0.2) is 4.21 Å². The molecule has 20 heavy (non-hydrogen) atoms. The zero-order valence-electron chi connectivity index (χ0n) is 10.5. The van der Waals surface area contributed by atoms with E-state index in [-0.39, 0.29) is 0 Å². The molecule has 1 aliphatic heterocycles. The fraction of sp³-hybridized carbons (Fsp3) is 0.231. The number of nitrogens with one attached hydrogen (secondary N) is 1. The summed E-state index contributed by atoms with van der Waals surface area (Å²) in [5.41, 5.74) is 1.76. The molecule has 0 radical (unpaired) electrons. The van der Waals surface area contributed by atoms with Gasteiger partial charge in [-0.25, -0.2) is 8.42 Å². The van der Waals surface area contributed by atoms with Crippen LogP contribution >= 0.6 is 27.3 Å². The van der Waals surface area contributed by atoms with Gasteiger partial charge in [-0.3, -0.25) is 4.31 Å². The maximum Gasteiger partial charge on any atom is 0.275 e. The average Bonchev–Trinajstić information content (AvgIpc) is 2.75. The summed E-state index contributed by atoms with van der Waals surface area (Å²) in [6.07, 6.45) is 0. The van der Waals surface area contributed by atoms with Gasteiger partial charge in [0.25, 0.3) is 10.0 Å². The highest BCUT2D eigenvalue weighted by atomic mass is 79.9. The number of hydrogen-bond acceptors (Lipinski definition) is 4. The molecule has 1 aromatic heterocycles. The van der Waals surface area contributed by atoms with Gasteiger partial charge >= 0.3 is 0 Å². The number of benzene rings is 1. The molecule has 0 bridgehead atoms. The van der Waals surface area contributed by atoms with Crippen molar-refractivity contribution in [1.29, 1.82) is 0 Å². The molecule has 3 rings (SSSR count). The Morgan fingerprint density at radius 2 is 2.05 bits per heavy atom. The third-order valence-corrected chi connectivity index (χ3v) is 7.64. The van der Waals surface area contributed by atoms with E-state index in [2.05, 4.69) is 21.2 Å². The predicted molar refractivity (Wildman–Crippen MR) is 84.7 cm³/mol. The van der Waals surface area contributed by atoms with Crippen LogP contribution in [-0.2, 0) is 16.6 Å². The van der Waals surface area contributed by atoms with E-state index in [0.717, 1.165) is 11.3 Å². The number of rotatable bonds is 2. The Balaban J connectivity index is 2.12. The van der Waals surface area contributed by atoms with Crippen LogP contribution < -0.4 is 9.62 Å². The summed E-state index contributed by atoms with van der Waals surface area (Å²) in [7, 11) is -3.52. The second-order valence-electron chi connectivity index (χ2n) is 4.44. The smallest absolute Gasteiger partial charge is 0.275 e. The summed E-state index contributed by atoms with van der Waals surface area (Å²) in [5, 5.41) is 5.03. The second kappa shape index (κ2) is 5.48. The minimum atomic E-state index is -3.52.